The summed E-state index contributed by atoms with van der Waals surface area (Å²) in [7, 11) is -0.633. The van der Waals surface area contributed by atoms with E-state index in [1.165, 1.54) is 25.6 Å². The molecule has 3 heterocycles. The number of sulfonamides is 1. The van der Waals surface area contributed by atoms with Crippen molar-refractivity contribution >= 4 is 26.6 Å². The molecule has 1 aromatic carbocycles. The van der Waals surface area contributed by atoms with Crippen LogP contribution >= 0.6 is 0 Å². The first-order valence-electron chi connectivity index (χ1n) is 8.81. The Morgan fingerprint density at radius 1 is 1.14 bits per heavy atom. The average Bonchev–Trinajstić information content (AvgIpc) is 3.22. The first-order chi connectivity index (χ1) is 13.8. The monoisotopic (exact) mass is 412 g/mol. The fraction of sp³-hybridized carbons (Fsp3) is 0.211. The Hall–Kier alpha value is -3.40. The highest BCUT2D eigenvalue weighted by molar-refractivity contribution is 7.92. The quantitative estimate of drug-likeness (QED) is 0.540. The summed E-state index contributed by atoms with van der Waals surface area (Å²) in [6, 6.07) is 6.60. The Morgan fingerprint density at radius 2 is 1.93 bits per heavy atom. The minimum Gasteiger partial charge on any atom is -0.494 e. The van der Waals surface area contributed by atoms with Crippen LogP contribution < -0.4 is 9.46 Å². The van der Waals surface area contributed by atoms with Gasteiger partial charge in [0.2, 0.25) is 0 Å². The van der Waals surface area contributed by atoms with Gasteiger partial charge in [0.15, 0.2) is 5.82 Å². The smallest absolute Gasteiger partial charge is 0.263 e. The fourth-order valence-electron chi connectivity index (χ4n) is 3.16. The van der Waals surface area contributed by atoms with Gasteiger partial charge in [0.25, 0.3) is 10.0 Å². The van der Waals surface area contributed by atoms with E-state index < -0.39 is 10.0 Å². The molecule has 0 atom stereocenters. The third kappa shape index (κ3) is 3.11. The van der Waals surface area contributed by atoms with Gasteiger partial charge in [0, 0.05) is 30.5 Å². The molecule has 29 heavy (non-hydrogen) atoms. The zero-order chi connectivity index (χ0) is 20.8. The van der Waals surface area contributed by atoms with Crippen LogP contribution in [0.25, 0.3) is 16.7 Å². The largest absolute Gasteiger partial charge is 0.494 e. The second kappa shape index (κ2) is 6.89. The number of methoxy groups -OCH3 is 1. The lowest BCUT2D eigenvalue weighted by molar-refractivity contribution is 0.417. The number of nitrogens with one attached hydrogen (secondary N) is 1. The topological polar surface area (TPSA) is 104 Å². The predicted octanol–water partition coefficient (Wildman–Crippen LogP) is 2.58. The zero-order valence-electron chi connectivity index (χ0n) is 16.4. The molecule has 0 aliphatic heterocycles. The van der Waals surface area contributed by atoms with E-state index in [-0.39, 0.29) is 4.90 Å². The number of anilines is 1. The van der Waals surface area contributed by atoms with E-state index in [1.807, 2.05) is 19.9 Å². The van der Waals surface area contributed by atoms with Crippen molar-refractivity contribution < 1.29 is 13.2 Å². The number of nitrogens with zero attached hydrogens (tertiary/aromatic N) is 5. The van der Waals surface area contributed by atoms with Crippen LogP contribution in [0.3, 0.4) is 0 Å². The number of rotatable bonds is 5. The highest BCUT2D eigenvalue weighted by Gasteiger charge is 2.23. The van der Waals surface area contributed by atoms with Gasteiger partial charge in [-0.1, -0.05) is 0 Å². The molecule has 0 aliphatic carbocycles. The average molecular weight is 412 g/mol. The van der Waals surface area contributed by atoms with E-state index in [4.69, 9.17) is 4.74 Å². The van der Waals surface area contributed by atoms with Gasteiger partial charge >= 0.3 is 0 Å². The fourth-order valence-corrected chi connectivity index (χ4v) is 4.21. The second-order valence-corrected chi connectivity index (χ2v) is 8.29. The first-order valence-corrected chi connectivity index (χ1v) is 10.3. The highest BCUT2D eigenvalue weighted by atomic mass is 32.2. The van der Waals surface area contributed by atoms with Crippen molar-refractivity contribution in [3.8, 4) is 11.6 Å². The van der Waals surface area contributed by atoms with E-state index in [0.29, 0.717) is 22.8 Å². The summed E-state index contributed by atoms with van der Waals surface area (Å²) in [4.78, 5) is 3.95. The number of benzene rings is 1. The number of fused-ring (bicyclic) bond motifs is 1. The van der Waals surface area contributed by atoms with Crippen LogP contribution in [-0.2, 0) is 17.1 Å². The standard InChI is InChI=1S/C19H20N6O3S/c1-12-10-21-25(13(12)2)19-15-7-8-16(28-4)17(18(15)24(3)22-19)23-29(26,27)14-6-5-9-20-11-14/h5-11,23H,1-4H3. The molecular formula is C19H20N6O3S. The molecule has 4 rings (SSSR count). The SMILES string of the molecule is COc1ccc2c(-n3ncc(C)c3C)nn(C)c2c1NS(=O)(=O)c1cccnc1. The Balaban J connectivity index is 1.93. The van der Waals surface area contributed by atoms with Crippen LogP contribution in [0.2, 0.25) is 0 Å². The molecule has 0 spiro atoms. The summed E-state index contributed by atoms with van der Waals surface area (Å²) >= 11 is 0. The molecule has 0 amide bonds. The molecule has 9 nitrogen and oxygen atoms in total. The van der Waals surface area contributed by atoms with Crippen molar-refractivity contribution in [1.29, 1.82) is 0 Å². The summed E-state index contributed by atoms with van der Waals surface area (Å²) in [6.45, 7) is 3.93. The molecule has 0 radical (unpaired) electrons. The number of ether oxygens (including phenoxy) is 1. The maximum absolute atomic E-state index is 12.9. The number of pyridine rings is 1. The molecule has 0 bridgehead atoms. The number of hydrogen-bond acceptors (Lipinski definition) is 6. The molecule has 4 aromatic rings. The van der Waals surface area contributed by atoms with Gasteiger partial charge in [0.05, 0.1) is 18.8 Å². The third-order valence-corrected chi connectivity index (χ3v) is 6.14. The van der Waals surface area contributed by atoms with Crippen LogP contribution in [0.1, 0.15) is 11.3 Å². The zero-order valence-corrected chi connectivity index (χ0v) is 17.2. The number of aryl methyl sites for hydroxylation is 2. The van der Waals surface area contributed by atoms with Crippen molar-refractivity contribution in [2.45, 2.75) is 18.7 Å². The van der Waals surface area contributed by atoms with Crippen LogP contribution in [0.4, 0.5) is 5.69 Å². The van der Waals surface area contributed by atoms with Crippen LogP contribution in [0, 0.1) is 13.8 Å². The Bertz CT molecular complexity index is 1310. The first kappa shape index (κ1) is 18.9. The van der Waals surface area contributed by atoms with Gasteiger partial charge in [-0.2, -0.15) is 10.2 Å². The second-order valence-electron chi connectivity index (χ2n) is 6.61. The van der Waals surface area contributed by atoms with E-state index in [9.17, 15) is 8.42 Å². The molecule has 1 N–H and O–H groups in total. The molecular weight excluding hydrogens is 392 g/mol. The highest BCUT2D eigenvalue weighted by Crippen LogP contribution is 2.37. The molecule has 10 heteroatoms. The van der Waals surface area contributed by atoms with Gasteiger partial charge < -0.3 is 4.74 Å². The van der Waals surface area contributed by atoms with Crippen molar-refractivity contribution in [1.82, 2.24) is 24.5 Å². The molecule has 0 saturated heterocycles. The molecule has 0 unspecified atom stereocenters. The normalized spacial score (nSPS) is 11.7. The summed E-state index contributed by atoms with van der Waals surface area (Å²) in [5.74, 6) is 0.991. The summed E-state index contributed by atoms with van der Waals surface area (Å²) in [5, 5.41) is 9.73. The van der Waals surface area contributed by atoms with E-state index in [2.05, 4.69) is 19.9 Å². The van der Waals surface area contributed by atoms with Crippen molar-refractivity contribution in [2.24, 2.45) is 7.05 Å². The van der Waals surface area contributed by atoms with Crippen LogP contribution in [0.15, 0.2) is 47.8 Å². The van der Waals surface area contributed by atoms with Crippen molar-refractivity contribution in [3.63, 3.8) is 0 Å². The van der Waals surface area contributed by atoms with Gasteiger partial charge in [-0.25, -0.2) is 13.1 Å². The summed E-state index contributed by atoms with van der Waals surface area (Å²) in [6.07, 6.45) is 4.58. The molecule has 3 aromatic heterocycles. The van der Waals surface area contributed by atoms with E-state index in [1.54, 1.807) is 34.7 Å². The summed E-state index contributed by atoms with van der Waals surface area (Å²) in [5.41, 5.74) is 2.88. The minimum absolute atomic E-state index is 0.0555. The Morgan fingerprint density at radius 3 is 2.55 bits per heavy atom. The van der Waals surface area contributed by atoms with Gasteiger partial charge in [0.1, 0.15) is 16.3 Å². The lowest BCUT2D eigenvalue weighted by atomic mass is 10.2. The van der Waals surface area contributed by atoms with E-state index in [0.717, 1.165) is 16.6 Å². The maximum atomic E-state index is 12.9. The van der Waals surface area contributed by atoms with Crippen LogP contribution in [-0.4, -0.2) is 40.1 Å². The van der Waals surface area contributed by atoms with Gasteiger partial charge in [-0.3, -0.25) is 14.4 Å². The van der Waals surface area contributed by atoms with Crippen LogP contribution in [0.5, 0.6) is 5.75 Å². The minimum atomic E-state index is -3.87. The Labute approximate surface area is 168 Å². The number of hydrogen-bond donors (Lipinski definition) is 1. The Kier molecular flexibility index (Phi) is 4.50. The van der Waals surface area contributed by atoms with Gasteiger partial charge in [-0.15, -0.1) is 0 Å². The maximum Gasteiger partial charge on any atom is 0.263 e. The molecule has 0 fully saturated rings. The lowest BCUT2D eigenvalue weighted by Gasteiger charge is -2.13. The number of aromatic nitrogens is 5. The molecule has 150 valence electrons. The van der Waals surface area contributed by atoms with E-state index >= 15 is 0 Å². The van der Waals surface area contributed by atoms with Crippen molar-refractivity contribution in [3.05, 3.63) is 54.1 Å². The van der Waals surface area contributed by atoms with Gasteiger partial charge in [-0.05, 0) is 43.7 Å². The lowest BCUT2D eigenvalue weighted by Crippen LogP contribution is -2.14. The molecule has 0 saturated carbocycles. The van der Waals surface area contributed by atoms with Crippen molar-refractivity contribution in [2.75, 3.05) is 11.8 Å². The molecule has 0 aliphatic rings. The summed E-state index contributed by atoms with van der Waals surface area (Å²) < 4.78 is 37.2. The predicted molar refractivity (Wildman–Crippen MR) is 109 cm³/mol. The third-order valence-electron chi connectivity index (χ3n) is 4.81.